The van der Waals surface area contributed by atoms with Gasteiger partial charge in [-0.2, -0.15) is 0 Å². The number of halogens is 4. The van der Waals surface area contributed by atoms with Crippen LogP contribution in [0.25, 0.3) is 0 Å². The summed E-state index contributed by atoms with van der Waals surface area (Å²) in [6, 6.07) is 5.00. The monoisotopic (exact) mass is 339 g/mol. The van der Waals surface area contributed by atoms with Gasteiger partial charge in [0.05, 0.1) is 13.2 Å². The Bertz CT molecular complexity index is 473. The fraction of sp³-hybridized carbons (Fsp3) is 0.500. The van der Waals surface area contributed by atoms with Crippen LogP contribution in [0.3, 0.4) is 0 Å². The molecule has 0 N–H and O–H groups in total. The van der Waals surface area contributed by atoms with E-state index in [1.54, 1.807) is 0 Å². The molecule has 0 aliphatic carbocycles. The first-order valence-electron chi connectivity index (χ1n) is 6.63. The summed E-state index contributed by atoms with van der Waals surface area (Å²) < 4.78 is 45.0. The van der Waals surface area contributed by atoms with Crippen molar-refractivity contribution in [1.29, 1.82) is 0 Å². The minimum Gasteiger partial charge on any atom is -0.406 e. The van der Waals surface area contributed by atoms with Crippen molar-refractivity contribution in [3.63, 3.8) is 0 Å². The van der Waals surface area contributed by atoms with E-state index in [1.165, 1.54) is 12.1 Å². The molecule has 0 radical (unpaired) electrons. The Morgan fingerprint density at radius 1 is 1.18 bits per heavy atom. The number of hydrogen-bond donors (Lipinski definition) is 0. The lowest BCUT2D eigenvalue weighted by molar-refractivity contribution is -0.274. The van der Waals surface area contributed by atoms with Gasteiger partial charge in [0.1, 0.15) is 5.75 Å². The molecule has 0 atom stereocenters. The van der Waals surface area contributed by atoms with Crippen molar-refractivity contribution in [3.05, 3.63) is 29.8 Å². The first-order chi connectivity index (χ1) is 9.94. The van der Waals surface area contributed by atoms with Gasteiger partial charge in [0, 0.05) is 31.6 Å². The molecule has 0 bridgehead atoms. The van der Waals surface area contributed by atoms with E-state index in [-0.39, 0.29) is 23.9 Å². The zero-order chi connectivity index (χ0) is 15.3. The Morgan fingerprint density at radius 2 is 1.77 bits per heavy atom. The fourth-order valence-corrected chi connectivity index (χ4v) is 2.07. The fourth-order valence-electron chi connectivity index (χ4n) is 2.07. The zero-order valence-corrected chi connectivity index (χ0v) is 12.6. The van der Waals surface area contributed by atoms with Gasteiger partial charge < -0.3 is 9.47 Å². The number of nitrogens with zero attached hydrogens (tertiary/aromatic N) is 1. The van der Waals surface area contributed by atoms with E-state index in [0.717, 1.165) is 25.2 Å². The average Bonchev–Trinajstić information content (AvgIpc) is 2.45. The maximum Gasteiger partial charge on any atom is 0.573 e. The molecular weight excluding hydrogens is 323 g/mol. The highest BCUT2D eigenvalue weighted by molar-refractivity contribution is 5.96. The normalized spacial score (nSPS) is 16.0. The van der Waals surface area contributed by atoms with Crippen molar-refractivity contribution in [3.8, 4) is 5.75 Å². The van der Waals surface area contributed by atoms with Gasteiger partial charge in [-0.25, -0.2) is 0 Å². The highest BCUT2D eigenvalue weighted by Crippen LogP contribution is 2.23. The van der Waals surface area contributed by atoms with Crippen LogP contribution >= 0.6 is 12.4 Å². The predicted molar refractivity (Wildman–Crippen MR) is 76.6 cm³/mol. The van der Waals surface area contributed by atoms with Gasteiger partial charge in [-0.05, 0) is 24.3 Å². The van der Waals surface area contributed by atoms with Crippen LogP contribution < -0.4 is 4.74 Å². The maximum atomic E-state index is 12.0. The number of ether oxygens (including phenoxy) is 2. The lowest BCUT2D eigenvalue weighted by Gasteiger charge is -2.26. The molecule has 1 fully saturated rings. The number of benzene rings is 1. The summed E-state index contributed by atoms with van der Waals surface area (Å²) in [5.74, 6) is -0.424. The molecule has 0 unspecified atom stereocenters. The number of carbonyl (C=O) groups is 1. The number of Topliss-reactive ketones (excluding diaryl/α,β-unsaturated/α-hetero) is 1. The molecule has 0 aromatic heterocycles. The van der Waals surface area contributed by atoms with Gasteiger partial charge in [0.25, 0.3) is 0 Å². The highest BCUT2D eigenvalue weighted by atomic mass is 35.5. The Labute approximate surface area is 132 Å². The maximum absolute atomic E-state index is 12.0. The molecule has 1 aromatic carbocycles. The van der Waals surface area contributed by atoms with Gasteiger partial charge >= 0.3 is 6.36 Å². The lowest BCUT2D eigenvalue weighted by atomic mass is 10.1. The second-order valence-electron chi connectivity index (χ2n) is 4.70. The van der Waals surface area contributed by atoms with Crippen molar-refractivity contribution < 1.29 is 27.4 Å². The van der Waals surface area contributed by atoms with E-state index in [0.29, 0.717) is 31.7 Å². The van der Waals surface area contributed by atoms with E-state index < -0.39 is 6.36 Å². The third-order valence-corrected chi connectivity index (χ3v) is 3.17. The Hall–Kier alpha value is -1.31. The predicted octanol–water partition coefficient (Wildman–Crippen LogP) is 2.91. The summed E-state index contributed by atoms with van der Waals surface area (Å²) >= 11 is 0. The quantitative estimate of drug-likeness (QED) is 0.773. The van der Waals surface area contributed by atoms with Gasteiger partial charge in [0.15, 0.2) is 5.78 Å². The molecule has 0 amide bonds. The average molecular weight is 340 g/mol. The van der Waals surface area contributed by atoms with Gasteiger partial charge in [-0.1, -0.05) is 0 Å². The topological polar surface area (TPSA) is 38.8 Å². The van der Waals surface area contributed by atoms with E-state index in [4.69, 9.17) is 4.74 Å². The number of carbonyl (C=O) groups excluding carboxylic acids is 1. The van der Waals surface area contributed by atoms with Crippen LogP contribution in [-0.2, 0) is 4.74 Å². The summed E-state index contributed by atoms with van der Waals surface area (Å²) in [7, 11) is 0. The number of alkyl halides is 3. The van der Waals surface area contributed by atoms with Crippen molar-refractivity contribution in [2.75, 3.05) is 32.8 Å². The molecule has 124 valence electrons. The summed E-state index contributed by atoms with van der Waals surface area (Å²) in [4.78, 5) is 14.1. The first-order valence-corrected chi connectivity index (χ1v) is 6.63. The van der Waals surface area contributed by atoms with E-state index in [1.807, 2.05) is 0 Å². The summed E-state index contributed by atoms with van der Waals surface area (Å²) in [6.07, 6.45) is -4.39. The number of morpholine rings is 1. The third-order valence-electron chi connectivity index (χ3n) is 3.17. The molecular formula is C14H17ClF3NO3. The zero-order valence-electron chi connectivity index (χ0n) is 11.8. The molecule has 4 nitrogen and oxygen atoms in total. The lowest BCUT2D eigenvalue weighted by Crippen LogP contribution is -2.37. The minimum atomic E-state index is -4.72. The summed E-state index contributed by atoms with van der Waals surface area (Å²) in [6.45, 7) is 3.55. The van der Waals surface area contributed by atoms with Crippen LogP contribution in [0.4, 0.5) is 13.2 Å². The van der Waals surface area contributed by atoms with E-state index in [2.05, 4.69) is 9.64 Å². The summed E-state index contributed by atoms with van der Waals surface area (Å²) in [5.41, 5.74) is 0.387. The van der Waals surface area contributed by atoms with Crippen molar-refractivity contribution in [2.24, 2.45) is 0 Å². The molecule has 1 aromatic rings. The minimum absolute atomic E-state index is 0. The van der Waals surface area contributed by atoms with Gasteiger partial charge in [0.2, 0.25) is 0 Å². The van der Waals surface area contributed by atoms with Crippen molar-refractivity contribution in [2.45, 2.75) is 12.8 Å². The molecule has 1 aliphatic rings. The molecule has 0 saturated carbocycles. The van der Waals surface area contributed by atoms with Gasteiger partial charge in [-0.15, -0.1) is 25.6 Å². The third kappa shape index (κ3) is 6.21. The molecule has 0 spiro atoms. The molecule has 8 heteroatoms. The second kappa shape index (κ2) is 8.36. The van der Waals surface area contributed by atoms with Crippen LogP contribution in [0.15, 0.2) is 24.3 Å². The molecule has 2 rings (SSSR count). The Balaban J connectivity index is 0.00000242. The standard InChI is InChI=1S/C14H16F3NO3.ClH/c15-14(16,17)21-12-3-1-11(2-4-12)13(19)5-6-18-7-9-20-10-8-18;/h1-4H,5-10H2;1H. The largest absolute Gasteiger partial charge is 0.573 e. The van der Waals surface area contributed by atoms with Crippen molar-refractivity contribution >= 4 is 18.2 Å². The number of ketones is 1. The van der Waals surface area contributed by atoms with E-state index in [9.17, 15) is 18.0 Å². The number of rotatable bonds is 5. The Kier molecular flexibility index (Phi) is 7.12. The smallest absolute Gasteiger partial charge is 0.406 e. The van der Waals surface area contributed by atoms with E-state index >= 15 is 0 Å². The summed E-state index contributed by atoms with van der Waals surface area (Å²) in [5, 5.41) is 0. The highest BCUT2D eigenvalue weighted by Gasteiger charge is 2.31. The SMILES string of the molecule is Cl.O=C(CCN1CCOCC1)c1ccc(OC(F)(F)F)cc1. The van der Waals surface area contributed by atoms with Crippen LogP contribution in [0.5, 0.6) is 5.75 Å². The van der Waals surface area contributed by atoms with Crippen LogP contribution in [0, 0.1) is 0 Å². The van der Waals surface area contributed by atoms with Gasteiger partial charge in [-0.3, -0.25) is 9.69 Å². The Morgan fingerprint density at radius 3 is 2.32 bits per heavy atom. The second-order valence-corrected chi connectivity index (χ2v) is 4.70. The van der Waals surface area contributed by atoms with Crippen molar-refractivity contribution in [1.82, 2.24) is 4.90 Å². The molecule has 1 heterocycles. The number of hydrogen-bond acceptors (Lipinski definition) is 4. The molecule has 22 heavy (non-hydrogen) atoms. The van der Waals surface area contributed by atoms with Crippen LogP contribution in [-0.4, -0.2) is 49.9 Å². The first kappa shape index (κ1) is 18.7. The van der Waals surface area contributed by atoms with Crippen LogP contribution in [0.2, 0.25) is 0 Å². The van der Waals surface area contributed by atoms with Crippen LogP contribution in [0.1, 0.15) is 16.8 Å². The molecule has 1 saturated heterocycles. The molecule has 1 aliphatic heterocycles.